The number of nitrogens with one attached hydrogen (secondary N) is 1. The van der Waals surface area contributed by atoms with Crippen LogP contribution in [0.3, 0.4) is 0 Å². The molecule has 0 radical (unpaired) electrons. The average Bonchev–Trinajstić information content (AvgIpc) is 2.84. The molecule has 0 spiro atoms. The number of amides is 1. The number of anilines is 1. The molecular weight excluding hydrogens is 365 g/mol. The van der Waals surface area contributed by atoms with Crippen molar-refractivity contribution in [2.24, 2.45) is 0 Å². The van der Waals surface area contributed by atoms with Gasteiger partial charge in [-0.05, 0) is 72.0 Å². The summed E-state index contributed by atoms with van der Waals surface area (Å²) >= 11 is 2.22. The van der Waals surface area contributed by atoms with Crippen LogP contribution >= 0.6 is 22.6 Å². The van der Waals surface area contributed by atoms with Crippen molar-refractivity contribution in [1.82, 2.24) is 0 Å². The molecule has 1 amide bonds. The Balaban J connectivity index is 1.86. The first-order chi connectivity index (χ1) is 9.61. The first kappa shape index (κ1) is 13.2. The van der Waals surface area contributed by atoms with Crippen LogP contribution in [-0.2, 0) is 0 Å². The quantitative estimate of drug-likeness (QED) is 0.664. The van der Waals surface area contributed by atoms with Gasteiger partial charge in [-0.15, -0.1) is 0 Å². The number of hydrogen-bond donors (Lipinski definition) is 1. The van der Waals surface area contributed by atoms with Gasteiger partial charge in [0.1, 0.15) is 5.58 Å². The van der Waals surface area contributed by atoms with Crippen LogP contribution in [0.5, 0.6) is 0 Å². The van der Waals surface area contributed by atoms with Crippen molar-refractivity contribution in [2.45, 2.75) is 6.92 Å². The van der Waals surface area contributed by atoms with E-state index in [-0.39, 0.29) is 5.91 Å². The Labute approximate surface area is 130 Å². The average molecular weight is 377 g/mol. The van der Waals surface area contributed by atoms with Crippen molar-refractivity contribution < 1.29 is 9.21 Å². The normalized spacial score (nSPS) is 10.7. The molecule has 0 aliphatic heterocycles. The van der Waals surface area contributed by atoms with E-state index in [4.69, 9.17) is 4.42 Å². The molecule has 0 aliphatic rings. The van der Waals surface area contributed by atoms with Gasteiger partial charge >= 0.3 is 0 Å². The SMILES string of the molecule is Cc1ccc2oc(C(=O)Nc3ccc(I)cc3)cc2c1. The van der Waals surface area contributed by atoms with Gasteiger partial charge in [0.2, 0.25) is 0 Å². The molecule has 4 heteroatoms. The van der Waals surface area contributed by atoms with E-state index in [1.165, 1.54) is 0 Å². The summed E-state index contributed by atoms with van der Waals surface area (Å²) in [5, 5.41) is 3.77. The number of halogens is 1. The van der Waals surface area contributed by atoms with Crippen molar-refractivity contribution >= 4 is 45.2 Å². The van der Waals surface area contributed by atoms with Gasteiger partial charge in [-0.3, -0.25) is 4.79 Å². The zero-order chi connectivity index (χ0) is 14.1. The van der Waals surface area contributed by atoms with Crippen LogP contribution in [0.15, 0.2) is 52.9 Å². The lowest BCUT2D eigenvalue weighted by atomic mass is 10.2. The van der Waals surface area contributed by atoms with E-state index < -0.39 is 0 Å². The maximum absolute atomic E-state index is 12.1. The van der Waals surface area contributed by atoms with E-state index in [0.717, 1.165) is 25.8 Å². The Morgan fingerprint density at radius 3 is 2.60 bits per heavy atom. The van der Waals surface area contributed by atoms with Crippen LogP contribution < -0.4 is 5.32 Å². The van der Waals surface area contributed by atoms with Crippen molar-refractivity contribution in [2.75, 3.05) is 5.32 Å². The summed E-state index contributed by atoms with van der Waals surface area (Å²) < 4.78 is 6.69. The Morgan fingerprint density at radius 2 is 1.85 bits per heavy atom. The number of carbonyl (C=O) groups is 1. The van der Waals surface area contributed by atoms with E-state index in [9.17, 15) is 4.79 Å². The molecule has 1 heterocycles. The second-order valence-corrected chi connectivity index (χ2v) is 5.86. The molecule has 0 unspecified atom stereocenters. The molecule has 0 atom stereocenters. The molecule has 1 aromatic heterocycles. The number of fused-ring (bicyclic) bond motifs is 1. The van der Waals surface area contributed by atoms with Gasteiger partial charge in [0.05, 0.1) is 0 Å². The Kier molecular flexibility index (Phi) is 3.48. The lowest BCUT2D eigenvalue weighted by molar-refractivity contribution is 0.0998. The van der Waals surface area contributed by atoms with Crippen LogP contribution in [0.4, 0.5) is 5.69 Å². The maximum Gasteiger partial charge on any atom is 0.291 e. The highest BCUT2D eigenvalue weighted by Crippen LogP contribution is 2.21. The smallest absolute Gasteiger partial charge is 0.291 e. The monoisotopic (exact) mass is 377 g/mol. The highest BCUT2D eigenvalue weighted by molar-refractivity contribution is 14.1. The predicted octanol–water partition coefficient (Wildman–Crippen LogP) is 4.60. The Morgan fingerprint density at radius 1 is 1.10 bits per heavy atom. The fourth-order valence-corrected chi connectivity index (χ4v) is 2.36. The highest BCUT2D eigenvalue weighted by Gasteiger charge is 2.12. The Bertz CT molecular complexity index is 775. The van der Waals surface area contributed by atoms with Crippen molar-refractivity contribution in [3.8, 4) is 0 Å². The first-order valence-corrected chi connectivity index (χ1v) is 7.27. The summed E-state index contributed by atoms with van der Waals surface area (Å²) in [6.07, 6.45) is 0. The summed E-state index contributed by atoms with van der Waals surface area (Å²) in [6, 6.07) is 15.2. The van der Waals surface area contributed by atoms with Gasteiger partial charge in [0.25, 0.3) is 5.91 Å². The first-order valence-electron chi connectivity index (χ1n) is 6.19. The molecule has 3 nitrogen and oxygen atoms in total. The molecule has 2 aromatic carbocycles. The molecule has 0 aliphatic carbocycles. The van der Waals surface area contributed by atoms with Crippen LogP contribution in [-0.4, -0.2) is 5.91 Å². The number of hydrogen-bond acceptors (Lipinski definition) is 2. The minimum atomic E-state index is -0.236. The second kappa shape index (κ2) is 5.28. The summed E-state index contributed by atoms with van der Waals surface area (Å²) in [4.78, 5) is 12.1. The maximum atomic E-state index is 12.1. The molecule has 1 N–H and O–H groups in total. The van der Waals surface area contributed by atoms with Gasteiger partial charge in [-0.25, -0.2) is 0 Å². The number of aryl methyl sites for hydroxylation is 1. The summed E-state index contributed by atoms with van der Waals surface area (Å²) in [5.41, 5.74) is 2.62. The second-order valence-electron chi connectivity index (χ2n) is 4.61. The van der Waals surface area contributed by atoms with Crippen LogP contribution in [0.1, 0.15) is 16.1 Å². The van der Waals surface area contributed by atoms with Crippen molar-refractivity contribution in [3.05, 3.63) is 63.4 Å². The molecular formula is C16H12INO2. The minimum absolute atomic E-state index is 0.236. The van der Waals surface area contributed by atoms with Gasteiger partial charge < -0.3 is 9.73 Å². The van der Waals surface area contributed by atoms with Crippen molar-refractivity contribution in [1.29, 1.82) is 0 Å². The van der Waals surface area contributed by atoms with Crippen molar-refractivity contribution in [3.63, 3.8) is 0 Å². The minimum Gasteiger partial charge on any atom is -0.451 e. The summed E-state index contributed by atoms with van der Waals surface area (Å²) in [5.74, 6) is 0.0872. The molecule has 100 valence electrons. The third kappa shape index (κ3) is 2.70. The Hall–Kier alpha value is -1.82. The van der Waals surface area contributed by atoms with E-state index in [2.05, 4.69) is 27.9 Å². The number of rotatable bonds is 2. The summed E-state index contributed by atoms with van der Waals surface area (Å²) in [7, 11) is 0. The fourth-order valence-electron chi connectivity index (χ4n) is 2.00. The molecule has 20 heavy (non-hydrogen) atoms. The molecule has 3 aromatic rings. The molecule has 0 bridgehead atoms. The zero-order valence-electron chi connectivity index (χ0n) is 10.8. The number of furan rings is 1. The predicted molar refractivity (Wildman–Crippen MR) is 88.1 cm³/mol. The fraction of sp³-hybridized carbons (Fsp3) is 0.0625. The van der Waals surface area contributed by atoms with E-state index >= 15 is 0 Å². The van der Waals surface area contributed by atoms with Gasteiger partial charge in [0.15, 0.2) is 5.76 Å². The number of carbonyl (C=O) groups excluding carboxylic acids is 1. The van der Waals surface area contributed by atoms with Gasteiger partial charge in [-0.1, -0.05) is 11.6 Å². The lowest BCUT2D eigenvalue weighted by Crippen LogP contribution is -2.10. The molecule has 0 fully saturated rings. The largest absolute Gasteiger partial charge is 0.451 e. The van der Waals surface area contributed by atoms with E-state index in [1.54, 1.807) is 6.07 Å². The van der Waals surface area contributed by atoms with E-state index in [1.807, 2.05) is 49.4 Å². The molecule has 0 saturated heterocycles. The lowest BCUT2D eigenvalue weighted by Gasteiger charge is -2.02. The number of benzene rings is 2. The van der Waals surface area contributed by atoms with Gasteiger partial charge in [-0.2, -0.15) is 0 Å². The van der Waals surface area contributed by atoms with Gasteiger partial charge in [0, 0.05) is 14.6 Å². The third-order valence-electron chi connectivity index (χ3n) is 3.00. The molecule has 3 rings (SSSR count). The van der Waals surface area contributed by atoms with Crippen LogP contribution in [0.2, 0.25) is 0 Å². The standard InChI is InChI=1S/C16H12INO2/c1-10-2-7-14-11(8-10)9-15(20-14)16(19)18-13-5-3-12(17)4-6-13/h2-9H,1H3,(H,18,19). The van der Waals surface area contributed by atoms with Crippen LogP contribution in [0, 0.1) is 10.5 Å². The molecule has 0 saturated carbocycles. The van der Waals surface area contributed by atoms with Crippen LogP contribution in [0.25, 0.3) is 11.0 Å². The van der Waals surface area contributed by atoms with E-state index in [0.29, 0.717) is 5.76 Å². The zero-order valence-corrected chi connectivity index (χ0v) is 13.0. The topological polar surface area (TPSA) is 42.2 Å². The third-order valence-corrected chi connectivity index (χ3v) is 3.72. The highest BCUT2D eigenvalue weighted by atomic mass is 127. The summed E-state index contributed by atoms with van der Waals surface area (Å²) in [6.45, 7) is 2.01.